The van der Waals surface area contributed by atoms with Gasteiger partial charge in [0.1, 0.15) is 11.2 Å². The molecule has 0 amide bonds. The molecule has 0 radical (unpaired) electrons. The molecule has 106 valence electrons. The van der Waals surface area contributed by atoms with E-state index in [4.69, 9.17) is 9.15 Å². The summed E-state index contributed by atoms with van der Waals surface area (Å²) in [6.45, 7) is 5.88. The van der Waals surface area contributed by atoms with E-state index >= 15 is 0 Å². The van der Waals surface area contributed by atoms with Crippen molar-refractivity contribution in [3.05, 3.63) is 24.2 Å². The maximum atomic E-state index is 12.1. The highest BCUT2D eigenvalue weighted by Crippen LogP contribution is 2.19. The zero-order chi connectivity index (χ0) is 14.5. The molecular formula is C14H21NO4. The van der Waals surface area contributed by atoms with Gasteiger partial charge in [0.25, 0.3) is 0 Å². The van der Waals surface area contributed by atoms with E-state index in [2.05, 4.69) is 0 Å². The minimum atomic E-state index is -1.12. The molecule has 0 fully saturated rings. The first-order chi connectivity index (χ1) is 8.87. The maximum Gasteiger partial charge on any atom is 0.319 e. The molecule has 0 bridgehead atoms. The van der Waals surface area contributed by atoms with E-state index in [9.17, 15) is 9.59 Å². The number of rotatable bonds is 7. The van der Waals surface area contributed by atoms with E-state index in [-0.39, 0.29) is 18.9 Å². The van der Waals surface area contributed by atoms with Crippen LogP contribution in [0.1, 0.15) is 26.5 Å². The predicted octanol–water partition coefficient (Wildman–Crippen LogP) is 1.87. The van der Waals surface area contributed by atoms with Crippen LogP contribution in [0.4, 0.5) is 0 Å². The molecule has 0 N–H and O–H groups in total. The molecule has 0 aliphatic carbocycles. The number of nitrogens with zero attached hydrogens (tertiary/aromatic N) is 1. The third-order valence-corrected chi connectivity index (χ3v) is 2.90. The fourth-order valence-corrected chi connectivity index (χ4v) is 1.59. The van der Waals surface area contributed by atoms with Gasteiger partial charge in [-0.2, -0.15) is 0 Å². The van der Waals surface area contributed by atoms with Crippen molar-refractivity contribution < 1.29 is 18.7 Å². The number of furan rings is 1. The van der Waals surface area contributed by atoms with E-state index < -0.39 is 11.4 Å². The number of likely N-dealkylation sites (N-methyl/N-ethyl adjacent to an activating group) is 1. The zero-order valence-corrected chi connectivity index (χ0v) is 11.9. The molecule has 0 aliphatic rings. The molecule has 5 nitrogen and oxygen atoms in total. The average molecular weight is 267 g/mol. The van der Waals surface area contributed by atoms with Crippen molar-refractivity contribution in [2.24, 2.45) is 5.41 Å². The van der Waals surface area contributed by atoms with Gasteiger partial charge in [0.05, 0.1) is 26.0 Å². The molecule has 1 aromatic heterocycles. The van der Waals surface area contributed by atoms with Crippen molar-refractivity contribution in [2.45, 2.75) is 27.3 Å². The summed E-state index contributed by atoms with van der Waals surface area (Å²) in [4.78, 5) is 25.7. The van der Waals surface area contributed by atoms with Crippen LogP contribution in [0.2, 0.25) is 0 Å². The van der Waals surface area contributed by atoms with Crippen LogP contribution >= 0.6 is 0 Å². The molecule has 5 heteroatoms. The topological polar surface area (TPSA) is 59.8 Å². The van der Waals surface area contributed by atoms with Gasteiger partial charge in [-0.05, 0) is 40.0 Å². The predicted molar refractivity (Wildman–Crippen MR) is 70.5 cm³/mol. The van der Waals surface area contributed by atoms with Gasteiger partial charge in [-0.15, -0.1) is 0 Å². The first kappa shape index (κ1) is 15.4. The summed E-state index contributed by atoms with van der Waals surface area (Å²) in [5, 5.41) is 0. The molecule has 0 saturated heterocycles. The quantitative estimate of drug-likeness (QED) is 0.557. The highest BCUT2D eigenvalue weighted by atomic mass is 16.5. The van der Waals surface area contributed by atoms with Gasteiger partial charge in [0.2, 0.25) is 0 Å². The van der Waals surface area contributed by atoms with Gasteiger partial charge in [-0.25, -0.2) is 0 Å². The lowest BCUT2D eigenvalue weighted by Gasteiger charge is -2.23. The number of ether oxygens (including phenoxy) is 1. The van der Waals surface area contributed by atoms with Crippen molar-refractivity contribution in [2.75, 3.05) is 20.2 Å². The second-order valence-electron chi connectivity index (χ2n) is 5.02. The third kappa shape index (κ3) is 4.21. The molecule has 0 aliphatic heterocycles. The van der Waals surface area contributed by atoms with Gasteiger partial charge in [-0.3, -0.25) is 14.5 Å². The summed E-state index contributed by atoms with van der Waals surface area (Å²) in [7, 11) is 1.81. The van der Waals surface area contributed by atoms with Crippen molar-refractivity contribution in [1.29, 1.82) is 0 Å². The van der Waals surface area contributed by atoms with Crippen molar-refractivity contribution in [3.63, 3.8) is 0 Å². The number of hydrogen-bond donors (Lipinski definition) is 0. The standard InChI is InChI=1S/C14H21NO4/c1-5-18-13(17)14(2,3)12(16)10-15(4)9-11-7-6-8-19-11/h6-8H,5,9-10H2,1-4H3. The van der Waals surface area contributed by atoms with Gasteiger partial charge in [0, 0.05) is 0 Å². The molecule has 0 aromatic carbocycles. The minimum Gasteiger partial charge on any atom is -0.468 e. The number of esters is 1. The molecule has 0 spiro atoms. The highest BCUT2D eigenvalue weighted by Gasteiger charge is 2.37. The Kier molecular flexibility index (Phi) is 5.30. The van der Waals surface area contributed by atoms with Crippen LogP contribution in [0, 0.1) is 5.41 Å². The average Bonchev–Trinajstić information content (AvgIpc) is 2.81. The number of ketones is 1. The largest absolute Gasteiger partial charge is 0.468 e. The lowest BCUT2D eigenvalue weighted by atomic mass is 9.88. The van der Waals surface area contributed by atoms with Crippen LogP contribution < -0.4 is 0 Å². The SMILES string of the molecule is CCOC(=O)C(C)(C)C(=O)CN(C)Cc1ccco1. The van der Waals surface area contributed by atoms with Crippen LogP contribution in [-0.2, 0) is 20.9 Å². The van der Waals surface area contributed by atoms with Gasteiger partial charge in [-0.1, -0.05) is 0 Å². The van der Waals surface area contributed by atoms with E-state index in [1.807, 2.05) is 18.0 Å². The summed E-state index contributed by atoms with van der Waals surface area (Å²) in [6, 6.07) is 3.64. The Labute approximate surface area is 113 Å². The second-order valence-corrected chi connectivity index (χ2v) is 5.02. The first-order valence-corrected chi connectivity index (χ1v) is 6.29. The minimum absolute atomic E-state index is 0.167. The summed E-state index contributed by atoms with van der Waals surface area (Å²) < 4.78 is 10.1. The Morgan fingerprint density at radius 3 is 2.63 bits per heavy atom. The van der Waals surface area contributed by atoms with Crippen molar-refractivity contribution >= 4 is 11.8 Å². The second kappa shape index (κ2) is 6.52. The lowest BCUT2D eigenvalue weighted by molar-refractivity contribution is -0.158. The van der Waals surface area contributed by atoms with Crippen LogP contribution in [0.3, 0.4) is 0 Å². The molecule has 0 saturated carbocycles. The number of Topliss-reactive ketones (excluding diaryl/α,β-unsaturated/α-hetero) is 1. The summed E-state index contributed by atoms with van der Waals surface area (Å²) in [5.41, 5.74) is -1.12. The van der Waals surface area contributed by atoms with Crippen molar-refractivity contribution in [1.82, 2.24) is 4.90 Å². The van der Waals surface area contributed by atoms with Crippen LogP contribution in [0.5, 0.6) is 0 Å². The van der Waals surface area contributed by atoms with E-state index in [1.54, 1.807) is 33.1 Å². The van der Waals surface area contributed by atoms with E-state index in [1.165, 1.54) is 0 Å². The molecule has 1 rings (SSSR count). The maximum absolute atomic E-state index is 12.1. The lowest BCUT2D eigenvalue weighted by Crippen LogP contribution is -2.41. The number of carbonyl (C=O) groups is 2. The number of hydrogen-bond acceptors (Lipinski definition) is 5. The van der Waals surface area contributed by atoms with Gasteiger partial charge < -0.3 is 9.15 Å². The third-order valence-electron chi connectivity index (χ3n) is 2.90. The molecule has 19 heavy (non-hydrogen) atoms. The Hall–Kier alpha value is -1.62. The van der Waals surface area contributed by atoms with Crippen molar-refractivity contribution in [3.8, 4) is 0 Å². The molecule has 0 atom stereocenters. The van der Waals surface area contributed by atoms with E-state index in [0.29, 0.717) is 6.54 Å². The molecule has 1 heterocycles. The molecular weight excluding hydrogens is 246 g/mol. The van der Waals surface area contributed by atoms with Crippen LogP contribution in [-0.4, -0.2) is 36.9 Å². The fraction of sp³-hybridized carbons (Fsp3) is 0.571. The Bertz CT molecular complexity index is 423. The Morgan fingerprint density at radius 2 is 2.11 bits per heavy atom. The summed E-state index contributed by atoms with van der Waals surface area (Å²) in [5.74, 6) is 0.135. The summed E-state index contributed by atoms with van der Waals surface area (Å²) >= 11 is 0. The first-order valence-electron chi connectivity index (χ1n) is 6.29. The number of carbonyl (C=O) groups excluding carboxylic acids is 2. The highest BCUT2D eigenvalue weighted by molar-refractivity contribution is 6.03. The summed E-state index contributed by atoms with van der Waals surface area (Å²) in [6.07, 6.45) is 1.59. The molecule has 0 unspecified atom stereocenters. The molecule has 1 aromatic rings. The van der Waals surface area contributed by atoms with E-state index in [0.717, 1.165) is 5.76 Å². The normalized spacial score (nSPS) is 11.6. The Balaban J connectivity index is 2.55. The zero-order valence-electron chi connectivity index (χ0n) is 11.9. The Morgan fingerprint density at radius 1 is 1.42 bits per heavy atom. The van der Waals surface area contributed by atoms with Gasteiger partial charge in [0.15, 0.2) is 5.78 Å². The smallest absolute Gasteiger partial charge is 0.319 e. The van der Waals surface area contributed by atoms with Gasteiger partial charge >= 0.3 is 5.97 Å². The fourth-order valence-electron chi connectivity index (χ4n) is 1.59. The van der Waals surface area contributed by atoms with Crippen LogP contribution in [0.15, 0.2) is 22.8 Å². The monoisotopic (exact) mass is 267 g/mol. The van der Waals surface area contributed by atoms with Crippen LogP contribution in [0.25, 0.3) is 0 Å².